The minimum Gasteiger partial charge on any atom is -0.452 e. The second-order valence-electron chi connectivity index (χ2n) is 6.09. The Hall–Kier alpha value is -3.33. The first-order valence-corrected chi connectivity index (χ1v) is 9.90. The minimum absolute atomic E-state index is 0.197. The molecule has 0 bridgehead atoms. The van der Waals surface area contributed by atoms with E-state index in [0.29, 0.717) is 10.8 Å². The van der Waals surface area contributed by atoms with Crippen LogP contribution in [0.2, 0.25) is 0 Å². The number of anilines is 1. The number of nitrogens with zero attached hydrogens (tertiary/aromatic N) is 1. The van der Waals surface area contributed by atoms with Crippen LogP contribution in [0, 0.1) is 0 Å². The van der Waals surface area contributed by atoms with Crippen LogP contribution in [-0.4, -0.2) is 30.1 Å². The number of hydrogen-bond donors (Lipinski definition) is 1. The van der Waals surface area contributed by atoms with Gasteiger partial charge in [-0.25, -0.2) is 9.78 Å². The van der Waals surface area contributed by atoms with Gasteiger partial charge < -0.3 is 9.47 Å². The number of carbonyl (C=O) groups is 2. The first-order chi connectivity index (χ1) is 14.5. The van der Waals surface area contributed by atoms with E-state index in [2.05, 4.69) is 22.0 Å². The molecule has 1 N–H and O–H groups in total. The largest absolute Gasteiger partial charge is 0.452 e. The fraction of sp³-hybridized carbons (Fsp3) is 0.190. The van der Waals surface area contributed by atoms with Gasteiger partial charge in [0.1, 0.15) is 11.3 Å². The molecule has 0 radical (unpaired) electrons. The molecule has 0 spiro atoms. The SMILES string of the molecule is CCc1ccc(-c2csc(NC(=O)COC(=O)c3ccccc3OC(F)F)n2)cc1. The molecule has 9 heteroatoms. The zero-order valence-electron chi connectivity index (χ0n) is 15.9. The second kappa shape index (κ2) is 9.93. The van der Waals surface area contributed by atoms with E-state index in [1.807, 2.05) is 24.3 Å². The van der Waals surface area contributed by atoms with Gasteiger partial charge in [0.2, 0.25) is 0 Å². The Morgan fingerprint density at radius 3 is 2.57 bits per heavy atom. The number of esters is 1. The molecule has 1 heterocycles. The van der Waals surface area contributed by atoms with E-state index < -0.39 is 25.1 Å². The molecule has 6 nitrogen and oxygen atoms in total. The summed E-state index contributed by atoms with van der Waals surface area (Å²) < 4.78 is 34.1. The van der Waals surface area contributed by atoms with Gasteiger partial charge in [-0.15, -0.1) is 11.3 Å². The maximum Gasteiger partial charge on any atom is 0.387 e. The molecule has 3 rings (SSSR count). The molecule has 0 unspecified atom stereocenters. The summed E-state index contributed by atoms with van der Waals surface area (Å²) in [5, 5.41) is 4.71. The van der Waals surface area contributed by atoms with Gasteiger partial charge >= 0.3 is 12.6 Å². The topological polar surface area (TPSA) is 77.5 Å². The van der Waals surface area contributed by atoms with Crippen LogP contribution in [-0.2, 0) is 16.0 Å². The van der Waals surface area contributed by atoms with Crippen molar-refractivity contribution in [2.75, 3.05) is 11.9 Å². The molecule has 0 saturated carbocycles. The molecular formula is C21H18F2N2O4S. The molecule has 0 aliphatic carbocycles. The summed E-state index contributed by atoms with van der Waals surface area (Å²) >= 11 is 1.24. The van der Waals surface area contributed by atoms with Crippen LogP contribution in [0.15, 0.2) is 53.9 Å². The number of para-hydroxylation sites is 1. The molecule has 0 saturated heterocycles. The zero-order chi connectivity index (χ0) is 21.5. The van der Waals surface area contributed by atoms with Gasteiger partial charge in [-0.3, -0.25) is 10.1 Å². The van der Waals surface area contributed by atoms with Gasteiger partial charge in [0.15, 0.2) is 11.7 Å². The van der Waals surface area contributed by atoms with Crippen LogP contribution in [0.4, 0.5) is 13.9 Å². The fourth-order valence-electron chi connectivity index (χ4n) is 2.57. The Labute approximate surface area is 175 Å². The van der Waals surface area contributed by atoms with Crippen molar-refractivity contribution < 1.29 is 27.8 Å². The summed E-state index contributed by atoms with van der Waals surface area (Å²) in [4.78, 5) is 28.5. The number of alkyl halides is 2. The van der Waals surface area contributed by atoms with Crippen LogP contribution in [0.1, 0.15) is 22.8 Å². The summed E-state index contributed by atoms with van der Waals surface area (Å²) in [6, 6.07) is 13.3. The predicted molar refractivity (Wildman–Crippen MR) is 109 cm³/mol. The van der Waals surface area contributed by atoms with E-state index in [1.165, 1.54) is 41.2 Å². The van der Waals surface area contributed by atoms with Crippen molar-refractivity contribution in [3.8, 4) is 17.0 Å². The van der Waals surface area contributed by atoms with E-state index in [4.69, 9.17) is 4.74 Å². The molecule has 0 aliphatic heterocycles. The third-order valence-electron chi connectivity index (χ3n) is 4.07. The Morgan fingerprint density at radius 1 is 1.13 bits per heavy atom. The van der Waals surface area contributed by atoms with Crippen LogP contribution in [0.25, 0.3) is 11.3 Å². The number of aromatic nitrogens is 1. The summed E-state index contributed by atoms with van der Waals surface area (Å²) in [5.74, 6) is -1.87. The Kier molecular flexibility index (Phi) is 7.08. The van der Waals surface area contributed by atoms with Gasteiger partial charge in [0.05, 0.1) is 5.69 Å². The summed E-state index contributed by atoms with van der Waals surface area (Å²) in [6.07, 6.45) is 0.941. The number of aryl methyl sites for hydroxylation is 1. The van der Waals surface area contributed by atoms with E-state index in [-0.39, 0.29) is 11.3 Å². The van der Waals surface area contributed by atoms with Gasteiger partial charge in [0.25, 0.3) is 5.91 Å². The molecule has 30 heavy (non-hydrogen) atoms. The van der Waals surface area contributed by atoms with Crippen molar-refractivity contribution in [3.05, 3.63) is 65.0 Å². The predicted octanol–water partition coefficient (Wildman–Crippen LogP) is 4.77. The van der Waals surface area contributed by atoms with E-state index >= 15 is 0 Å². The number of nitrogens with one attached hydrogen (secondary N) is 1. The number of rotatable bonds is 8. The van der Waals surface area contributed by atoms with E-state index in [9.17, 15) is 18.4 Å². The quantitative estimate of drug-likeness (QED) is 0.519. The maximum absolute atomic E-state index is 12.4. The first kappa shape index (κ1) is 21.4. The normalized spacial score (nSPS) is 10.7. The molecule has 0 aliphatic rings. The highest BCUT2D eigenvalue weighted by atomic mass is 32.1. The monoisotopic (exact) mass is 432 g/mol. The molecule has 0 atom stereocenters. The number of benzene rings is 2. The third-order valence-corrected chi connectivity index (χ3v) is 4.82. The minimum atomic E-state index is -3.08. The van der Waals surface area contributed by atoms with Gasteiger partial charge in [0, 0.05) is 10.9 Å². The van der Waals surface area contributed by atoms with Crippen LogP contribution in [0.3, 0.4) is 0 Å². The lowest BCUT2D eigenvalue weighted by molar-refractivity contribution is -0.119. The average Bonchev–Trinajstić information content (AvgIpc) is 3.20. The molecular weight excluding hydrogens is 414 g/mol. The molecule has 156 valence electrons. The molecule has 0 fully saturated rings. The highest BCUT2D eigenvalue weighted by Crippen LogP contribution is 2.25. The van der Waals surface area contributed by atoms with Gasteiger partial charge in [-0.2, -0.15) is 8.78 Å². The number of ether oxygens (including phenoxy) is 2. The highest BCUT2D eigenvalue weighted by molar-refractivity contribution is 7.14. The summed E-state index contributed by atoms with van der Waals surface area (Å²) in [7, 11) is 0. The number of hydrogen-bond acceptors (Lipinski definition) is 6. The second-order valence-corrected chi connectivity index (χ2v) is 6.95. The Morgan fingerprint density at radius 2 is 1.87 bits per heavy atom. The van der Waals surface area contributed by atoms with E-state index in [1.54, 1.807) is 5.38 Å². The standard InChI is InChI=1S/C21H18F2N2O4S/c1-2-13-7-9-14(10-8-13)16-12-30-21(24-16)25-18(26)11-28-19(27)15-5-3-4-6-17(15)29-20(22)23/h3-10,12,20H,2,11H2,1H3,(H,24,25,26). The first-order valence-electron chi connectivity index (χ1n) is 9.02. The number of halogens is 2. The summed E-state index contributed by atoms with van der Waals surface area (Å²) in [6.45, 7) is -1.61. The highest BCUT2D eigenvalue weighted by Gasteiger charge is 2.18. The zero-order valence-corrected chi connectivity index (χ0v) is 16.7. The molecule has 1 amide bonds. The number of thiazole rings is 1. The van der Waals surface area contributed by atoms with Crippen LogP contribution < -0.4 is 10.1 Å². The lowest BCUT2D eigenvalue weighted by Gasteiger charge is -2.10. The molecule has 3 aromatic rings. The van der Waals surface area contributed by atoms with Crippen molar-refractivity contribution in [2.24, 2.45) is 0 Å². The molecule has 1 aromatic heterocycles. The smallest absolute Gasteiger partial charge is 0.387 e. The van der Waals surface area contributed by atoms with Gasteiger partial charge in [-0.05, 0) is 24.1 Å². The maximum atomic E-state index is 12.4. The van der Waals surface area contributed by atoms with Gasteiger partial charge in [-0.1, -0.05) is 43.3 Å². The van der Waals surface area contributed by atoms with Crippen molar-refractivity contribution in [3.63, 3.8) is 0 Å². The lowest BCUT2D eigenvalue weighted by atomic mass is 10.1. The Balaban J connectivity index is 1.56. The summed E-state index contributed by atoms with van der Waals surface area (Å²) in [5.41, 5.74) is 2.65. The fourth-order valence-corrected chi connectivity index (χ4v) is 3.31. The van der Waals surface area contributed by atoms with E-state index in [0.717, 1.165) is 12.0 Å². The average molecular weight is 432 g/mol. The van der Waals surface area contributed by atoms with Crippen molar-refractivity contribution in [1.82, 2.24) is 4.98 Å². The van der Waals surface area contributed by atoms with Crippen LogP contribution >= 0.6 is 11.3 Å². The van der Waals surface area contributed by atoms with Crippen molar-refractivity contribution in [1.29, 1.82) is 0 Å². The Bertz CT molecular complexity index is 1020. The lowest BCUT2D eigenvalue weighted by Crippen LogP contribution is -2.21. The van der Waals surface area contributed by atoms with Crippen LogP contribution in [0.5, 0.6) is 5.75 Å². The third kappa shape index (κ3) is 5.60. The number of carbonyl (C=O) groups excluding carboxylic acids is 2. The van der Waals surface area contributed by atoms with Crippen molar-refractivity contribution >= 4 is 28.3 Å². The van der Waals surface area contributed by atoms with Crippen molar-refractivity contribution in [2.45, 2.75) is 20.0 Å². The number of amides is 1. The molecule has 2 aromatic carbocycles.